The second-order valence-corrected chi connectivity index (χ2v) is 11.7. The van der Waals surface area contributed by atoms with Crippen molar-refractivity contribution in [2.24, 2.45) is 0 Å². The third-order valence-electron chi connectivity index (χ3n) is 8.57. The topological polar surface area (TPSA) is 99.1 Å². The van der Waals surface area contributed by atoms with E-state index in [0.717, 1.165) is 66.9 Å². The zero-order valence-corrected chi connectivity index (χ0v) is 26.7. The Morgan fingerprint density at radius 2 is 0.700 bits per heavy atom. The maximum atomic E-state index is 9.59. The molecule has 232 valence electrons. The Bertz CT molecular complexity index is 2430. The van der Waals surface area contributed by atoms with E-state index in [9.17, 15) is 10.5 Å². The normalized spacial score (nSPS) is 10.8. The van der Waals surface area contributed by atoms with Crippen molar-refractivity contribution >= 4 is 10.8 Å². The van der Waals surface area contributed by atoms with Crippen LogP contribution in [0.4, 0.5) is 0 Å². The van der Waals surface area contributed by atoms with Crippen LogP contribution in [0.3, 0.4) is 0 Å². The first-order chi connectivity index (χ1) is 24.7. The summed E-state index contributed by atoms with van der Waals surface area (Å²) in [5, 5.41) is 21.1. The summed E-state index contributed by atoms with van der Waals surface area (Å²) in [5.41, 5.74) is 9.47. The van der Waals surface area contributed by atoms with E-state index in [4.69, 9.17) is 19.9 Å². The molecule has 0 bridgehead atoms. The Morgan fingerprint density at radius 1 is 0.340 bits per heavy atom. The molecule has 0 aliphatic rings. The molecule has 6 nitrogen and oxygen atoms in total. The summed E-state index contributed by atoms with van der Waals surface area (Å²) in [5.74, 6) is 1.14. The van der Waals surface area contributed by atoms with Crippen molar-refractivity contribution in [3.63, 3.8) is 0 Å². The minimum Gasteiger partial charge on any atom is -0.228 e. The summed E-state index contributed by atoms with van der Waals surface area (Å²) in [4.78, 5) is 20.3. The molecule has 8 aromatic rings. The van der Waals surface area contributed by atoms with Gasteiger partial charge in [-0.2, -0.15) is 10.5 Å². The Hall–Kier alpha value is -7.28. The van der Waals surface area contributed by atoms with Gasteiger partial charge in [0.15, 0.2) is 11.6 Å². The fourth-order valence-electron chi connectivity index (χ4n) is 6.14. The van der Waals surface area contributed by atoms with Crippen LogP contribution in [0, 0.1) is 22.7 Å². The van der Waals surface area contributed by atoms with Crippen molar-refractivity contribution in [1.82, 2.24) is 19.9 Å². The van der Waals surface area contributed by atoms with E-state index in [1.54, 1.807) is 12.1 Å². The zero-order valence-electron chi connectivity index (χ0n) is 26.7. The molecule has 2 heterocycles. The molecule has 0 atom stereocenters. The lowest BCUT2D eigenvalue weighted by atomic mass is 9.98. The van der Waals surface area contributed by atoms with Crippen LogP contribution in [0.25, 0.3) is 78.6 Å². The number of nitrogens with zero attached hydrogens (tertiary/aromatic N) is 6. The van der Waals surface area contributed by atoms with Crippen LogP contribution < -0.4 is 0 Å². The summed E-state index contributed by atoms with van der Waals surface area (Å²) in [6.45, 7) is 0. The van der Waals surface area contributed by atoms with Crippen molar-refractivity contribution in [3.05, 3.63) is 169 Å². The molecule has 6 aromatic carbocycles. The van der Waals surface area contributed by atoms with Crippen molar-refractivity contribution in [2.45, 2.75) is 0 Å². The molecule has 6 heteroatoms. The van der Waals surface area contributed by atoms with Crippen molar-refractivity contribution in [1.29, 1.82) is 10.5 Å². The summed E-state index contributed by atoms with van der Waals surface area (Å²) in [6, 6.07) is 55.6. The molecule has 0 saturated carbocycles. The molecule has 0 saturated heterocycles. The van der Waals surface area contributed by atoms with Crippen LogP contribution >= 0.6 is 0 Å². The van der Waals surface area contributed by atoms with E-state index in [1.165, 1.54) is 0 Å². The SMILES string of the molecule is N#Cc1cccc(-c2cc(-c3ccccc3)nc(-c3cccc4c(-c5nc(-c6ccccc6)cc(-c6cccc(C#N)c6)n5)cccc34)n2)c1. The number of aromatic nitrogens is 4. The highest BCUT2D eigenvalue weighted by Gasteiger charge is 2.17. The lowest BCUT2D eigenvalue weighted by Gasteiger charge is -2.14. The molecule has 0 unspecified atom stereocenters. The van der Waals surface area contributed by atoms with Gasteiger partial charge in [-0.1, -0.05) is 121 Å². The minimum atomic E-state index is 0.565. The predicted octanol–water partition coefficient (Wildman–Crippen LogP) is 10.2. The van der Waals surface area contributed by atoms with Gasteiger partial charge in [0.2, 0.25) is 0 Å². The first kappa shape index (κ1) is 30.1. The summed E-state index contributed by atoms with van der Waals surface area (Å²) in [6.07, 6.45) is 0. The molecule has 0 N–H and O–H groups in total. The highest BCUT2D eigenvalue weighted by molar-refractivity contribution is 6.03. The smallest absolute Gasteiger partial charge is 0.161 e. The molecule has 0 radical (unpaired) electrons. The van der Waals surface area contributed by atoms with Gasteiger partial charge in [-0.3, -0.25) is 0 Å². The summed E-state index contributed by atoms with van der Waals surface area (Å²) in [7, 11) is 0. The fraction of sp³-hybridized carbons (Fsp3) is 0. The summed E-state index contributed by atoms with van der Waals surface area (Å²) < 4.78 is 0. The molecule has 0 aliphatic heterocycles. The number of benzene rings is 6. The van der Waals surface area contributed by atoms with Crippen molar-refractivity contribution < 1.29 is 0 Å². The molecule has 50 heavy (non-hydrogen) atoms. The van der Waals surface area contributed by atoms with Crippen LogP contribution in [0.15, 0.2) is 158 Å². The Labute approximate surface area is 289 Å². The fourth-order valence-corrected chi connectivity index (χ4v) is 6.14. The average molecular weight is 639 g/mol. The van der Waals surface area contributed by atoms with Crippen LogP contribution in [0.1, 0.15) is 11.1 Å². The monoisotopic (exact) mass is 638 g/mol. The molecular weight excluding hydrogens is 613 g/mol. The maximum absolute atomic E-state index is 9.59. The van der Waals surface area contributed by atoms with Gasteiger partial charge < -0.3 is 0 Å². The van der Waals surface area contributed by atoms with Crippen LogP contribution in [-0.4, -0.2) is 19.9 Å². The molecule has 2 aromatic heterocycles. The zero-order chi connectivity index (χ0) is 33.9. The molecule has 0 aliphatic carbocycles. The highest BCUT2D eigenvalue weighted by Crippen LogP contribution is 2.36. The third kappa shape index (κ3) is 5.86. The van der Waals surface area contributed by atoms with E-state index >= 15 is 0 Å². The first-order valence-electron chi connectivity index (χ1n) is 16.1. The Balaban J connectivity index is 1.33. The molecule has 0 fully saturated rings. The third-order valence-corrected chi connectivity index (χ3v) is 8.57. The van der Waals surface area contributed by atoms with Gasteiger partial charge in [0.1, 0.15) is 0 Å². The Morgan fingerprint density at radius 3 is 1.10 bits per heavy atom. The number of hydrogen-bond donors (Lipinski definition) is 0. The van der Waals surface area contributed by atoms with Gasteiger partial charge in [0.25, 0.3) is 0 Å². The van der Waals surface area contributed by atoms with Crippen LogP contribution in [0.2, 0.25) is 0 Å². The van der Waals surface area contributed by atoms with Gasteiger partial charge in [0.05, 0.1) is 46.0 Å². The molecular formula is C44H26N6. The van der Waals surface area contributed by atoms with Crippen molar-refractivity contribution in [3.8, 4) is 79.9 Å². The highest BCUT2D eigenvalue weighted by atomic mass is 14.9. The van der Waals surface area contributed by atoms with Gasteiger partial charge in [0, 0.05) is 33.4 Å². The lowest BCUT2D eigenvalue weighted by Crippen LogP contribution is -1.98. The van der Waals surface area contributed by atoms with E-state index in [-0.39, 0.29) is 0 Å². The van der Waals surface area contributed by atoms with E-state index in [0.29, 0.717) is 22.8 Å². The number of hydrogen-bond acceptors (Lipinski definition) is 6. The van der Waals surface area contributed by atoms with Gasteiger partial charge in [-0.05, 0) is 47.2 Å². The number of fused-ring (bicyclic) bond motifs is 1. The minimum absolute atomic E-state index is 0.565. The van der Waals surface area contributed by atoms with Gasteiger partial charge >= 0.3 is 0 Å². The largest absolute Gasteiger partial charge is 0.228 e. The molecule has 0 spiro atoms. The van der Waals surface area contributed by atoms with Gasteiger partial charge in [-0.25, -0.2) is 19.9 Å². The average Bonchev–Trinajstić information content (AvgIpc) is 3.20. The lowest BCUT2D eigenvalue weighted by molar-refractivity contribution is 1.18. The standard InChI is InChI=1S/C44H26N6/c45-27-29-11-7-17-33(23-29)41-25-39(31-13-3-1-4-14-31)47-43(49-41)37-21-9-20-36-35(37)19-10-22-38(36)44-48-40(32-15-5-2-6-16-32)26-42(50-44)34-18-8-12-30(24-34)28-46/h1-26H. The number of nitriles is 2. The van der Waals surface area contributed by atoms with Gasteiger partial charge in [-0.15, -0.1) is 0 Å². The quantitative estimate of drug-likeness (QED) is 0.180. The summed E-state index contributed by atoms with van der Waals surface area (Å²) >= 11 is 0. The maximum Gasteiger partial charge on any atom is 0.161 e. The number of rotatable bonds is 6. The van der Waals surface area contributed by atoms with Crippen molar-refractivity contribution in [2.75, 3.05) is 0 Å². The van der Waals surface area contributed by atoms with Crippen LogP contribution in [0.5, 0.6) is 0 Å². The second kappa shape index (κ2) is 13.1. The first-order valence-corrected chi connectivity index (χ1v) is 16.1. The second-order valence-electron chi connectivity index (χ2n) is 11.7. The predicted molar refractivity (Wildman–Crippen MR) is 197 cm³/mol. The van der Waals surface area contributed by atoms with E-state index < -0.39 is 0 Å². The van der Waals surface area contributed by atoms with E-state index in [1.807, 2.05) is 133 Å². The molecule has 8 rings (SSSR count). The van der Waals surface area contributed by atoms with E-state index in [2.05, 4.69) is 24.3 Å². The molecule has 0 amide bonds. The Kier molecular flexibility index (Phi) is 7.87. The van der Waals surface area contributed by atoms with Crippen LogP contribution in [-0.2, 0) is 0 Å².